The molecule has 0 N–H and O–H groups in total. The zero-order valence-electron chi connectivity index (χ0n) is 66.7. The minimum absolute atomic E-state index is 0.191. The van der Waals surface area contributed by atoms with Crippen LogP contribution in [-0.2, 0) is 10.8 Å². The predicted molar refractivity (Wildman–Crippen MR) is 492 cm³/mol. The molecule has 0 saturated heterocycles. The van der Waals surface area contributed by atoms with Gasteiger partial charge in [-0.15, -0.1) is 0 Å². The van der Waals surface area contributed by atoms with Crippen molar-refractivity contribution >= 4 is 34.1 Å². The van der Waals surface area contributed by atoms with Crippen molar-refractivity contribution in [1.29, 1.82) is 0 Å². The van der Waals surface area contributed by atoms with Crippen molar-refractivity contribution in [3.8, 4) is 111 Å². The number of anilines is 6. The molecule has 2 heteroatoms. The highest BCUT2D eigenvalue weighted by Crippen LogP contribution is 2.72. The molecule has 0 heterocycles. The van der Waals surface area contributed by atoms with Gasteiger partial charge in [0, 0.05) is 44.8 Å². The Hall–Kier alpha value is -12.9. The molecule has 8 saturated carbocycles. The molecule has 0 unspecified atom stereocenters. The van der Waals surface area contributed by atoms with Crippen molar-refractivity contribution in [2.24, 2.45) is 47.3 Å². The molecule has 10 aliphatic carbocycles. The maximum absolute atomic E-state index is 2.51. The molecule has 16 aromatic carbocycles. The summed E-state index contributed by atoms with van der Waals surface area (Å²) in [5, 5.41) is 0. The van der Waals surface area contributed by atoms with E-state index in [0.29, 0.717) is 0 Å². The lowest BCUT2D eigenvalue weighted by molar-refractivity contribution is -0.0399. The number of hydrogen-bond donors (Lipinski definition) is 0. The summed E-state index contributed by atoms with van der Waals surface area (Å²) in [5.41, 5.74) is 39.6. The van der Waals surface area contributed by atoms with E-state index in [1.807, 2.05) is 0 Å². The van der Waals surface area contributed by atoms with Crippen LogP contribution in [0.4, 0.5) is 34.1 Å². The van der Waals surface area contributed by atoms with Gasteiger partial charge < -0.3 is 9.80 Å². The third kappa shape index (κ3) is 11.8. The second-order valence-corrected chi connectivity index (χ2v) is 35.4. The summed E-state index contributed by atoms with van der Waals surface area (Å²) in [5.74, 6) is 6.90. The Morgan fingerprint density at radius 1 is 0.169 bits per heavy atom. The first-order valence-electron chi connectivity index (χ1n) is 43.5. The van der Waals surface area contributed by atoms with Crippen molar-refractivity contribution in [2.75, 3.05) is 9.80 Å². The quantitative estimate of drug-likeness (QED) is 0.107. The highest BCUT2D eigenvalue weighted by Gasteiger charge is 2.63. The first-order chi connectivity index (χ1) is 58.4. The van der Waals surface area contributed by atoms with Gasteiger partial charge in [0.25, 0.3) is 0 Å². The third-order valence-corrected chi connectivity index (χ3v) is 29.4. The first-order valence-corrected chi connectivity index (χ1v) is 43.5. The number of para-hydroxylation sites is 1. The molecule has 568 valence electrons. The average Bonchev–Trinajstić information content (AvgIpc) is 1.52. The van der Waals surface area contributed by atoms with Gasteiger partial charge >= 0.3 is 0 Å². The van der Waals surface area contributed by atoms with E-state index >= 15 is 0 Å². The van der Waals surface area contributed by atoms with E-state index in [0.717, 1.165) is 81.5 Å². The predicted octanol–water partition coefficient (Wildman–Crippen LogP) is 31.1. The molecule has 118 heavy (non-hydrogen) atoms. The Labute approximate surface area is 695 Å². The van der Waals surface area contributed by atoms with Crippen molar-refractivity contribution in [1.82, 2.24) is 0 Å². The van der Waals surface area contributed by atoms with E-state index in [-0.39, 0.29) is 10.8 Å². The molecule has 10 aliphatic rings. The monoisotopic (exact) mass is 1510 g/mol. The third-order valence-electron chi connectivity index (χ3n) is 29.4. The molecule has 8 bridgehead atoms. The summed E-state index contributed by atoms with van der Waals surface area (Å²) >= 11 is 0. The van der Waals surface area contributed by atoms with Crippen LogP contribution in [0.15, 0.2) is 400 Å². The molecule has 16 aromatic rings. The molecule has 0 amide bonds. The van der Waals surface area contributed by atoms with Crippen molar-refractivity contribution in [2.45, 2.75) is 75.0 Å². The van der Waals surface area contributed by atoms with E-state index in [1.165, 1.54) is 175 Å². The minimum atomic E-state index is 0.191. The van der Waals surface area contributed by atoms with Crippen LogP contribution in [0.1, 0.15) is 86.5 Å². The lowest BCUT2D eigenvalue weighted by Gasteiger charge is -2.61. The number of fused-ring (bicyclic) bond motifs is 6. The molecular weight excluding hydrogens is 1420 g/mol. The van der Waals surface area contributed by atoms with Crippen LogP contribution in [0.2, 0.25) is 0 Å². The summed E-state index contributed by atoms with van der Waals surface area (Å²) in [6, 6.07) is 149. The fraction of sp³-hybridized carbons (Fsp3) is 0.172. The molecule has 0 aromatic heterocycles. The van der Waals surface area contributed by atoms with E-state index in [9.17, 15) is 0 Å². The Kier molecular flexibility index (Phi) is 17.4. The van der Waals surface area contributed by atoms with Crippen LogP contribution < -0.4 is 9.80 Å². The van der Waals surface area contributed by atoms with Crippen molar-refractivity contribution in [3.05, 3.63) is 423 Å². The highest BCUT2D eigenvalue weighted by atomic mass is 15.1. The van der Waals surface area contributed by atoms with E-state index in [1.54, 1.807) is 22.3 Å². The molecule has 8 fully saturated rings. The topological polar surface area (TPSA) is 6.48 Å². The molecule has 0 radical (unpaired) electrons. The number of hydrogen-bond acceptors (Lipinski definition) is 2. The summed E-state index contributed by atoms with van der Waals surface area (Å²) in [4.78, 5) is 4.77. The van der Waals surface area contributed by atoms with Gasteiger partial charge in [-0.3, -0.25) is 0 Å². The fourth-order valence-corrected chi connectivity index (χ4v) is 24.9. The van der Waals surface area contributed by atoms with E-state index < -0.39 is 0 Å². The molecule has 2 spiro atoms. The maximum atomic E-state index is 2.51. The van der Waals surface area contributed by atoms with Crippen LogP contribution in [0.3, 0.4) is 0 Å². The summed E-state index contributed by atoms with van der Waals surface area (Å²) < 4.78 is 0. The molecular formula is C116H94N2. The van der Waals surface area contributed by atoms with Gasteiger partial charge in [-0.25, -0.2) is 0 Å². The molecule has 2 nitrogen and oxygen atoms in total. The Bertz CT molecular complexity index is 6330. The molecule has 0 atom stereocenters. The second kappa shape index (κ2) is 29.1. The van der Waals surface area contributed by atoms with Crippen LogP contribution >= 0.6 is 0 Å². The summed E-state index contributed by atoms with van der Waals surface area (Å²) in [7, 11) is 0. The van der Waals surface area contributed by atoms with Crippen LogP contribution in [-0.4, -0.2) is 0 Å². The molecule has 0 aliphatic heterocycles. The zero-order chi connectivity index (χ0) is 77.8. The van der Waals surface area contributed by atoms with Crippen LogP contribution in [0, 0.1) is 47.3 Å². The zero-order valence-corrected chi connectivity index (χ0v) is 66.7. The fourth-order valence-electron chi connectivity index (χ4n) is 24.9. The van der Waals surface area contributed by atoms with Gasteiger partial charge in [0.05, 0.1) is 5.69 Å². The smallest absolute Gasteiger partial charge is 0.0540 e. The van der Waals surface area contributed by atoms with Gasteiger partial charge in [0.1, 0.15) is 0 Å². The van der Waals surface area contributed by atoms with Gasteiger partial charge in [0.2, 0.25) is 0 Å². The Balaban J connectivity index is 0.000000138. The van der Waals surface area contributed by atoms with Crippen molar-refractivity contribution in [3.63, 3.8) is 0 Å². The first kappa shape index (κ1) is 70.5. The lowest BCUT2D eigenvalue weighted by Crippen LogP contribution is -2.55. The minimum Gasteiger partial charge on any atom is -0.310 e. The van der Waals surface area contributed by atoms with Gasteiger partial charge in [-0.05, 0) is 306 Å². The van der Waals surface area contributed by atoms with Gasteiger partial charge in [0.15, 0.2) is 0 Å². The summed E-state index contributed by atoms with van der Waals surface area (Å²) in [6.07, 6.45) is 14.3. The van der Waals surface area contributed by atoms with Crippen molar-refractivity contribution < 1.29 is 0 Å². The number of benzene rings is 16. The van der Waals surface area contributed by atoms with Crippen LogP contribution in [0.25, 0.3) is 111 Å². The van der Waals surface area contributed by atoms with E-state index in [4.69, 9.17) is 0 Å². The van der Waals surface area contributed by atoms with E-state index in [2.05, 4.69) is 410 Å². The number of rotatable bonds is 14. The molecule has 26 rings (SSSR count). The summed E-state index contributed by atoms with van der Waals surface area (Å²) in [6.45, 7) is 0. The second-order valence-electron chi connectivity index (χ2n) is 35.4. The standard InChI is InChI=1S/2C58H47N/c1-3-12-41(13-4-1)43-26-30-49(31-27-43)59(56-21-10-8-16-51(56)45-14-5-2-6-15-45)50-32-28-44(29-33-50)42-22-24-46(25-23-42)52-18-11-20-55-57(52)53-17-7-9-19-54(53)58(55)47-35-39-34-40(37-47)38-48(58)36-39;1-3-11-41(12-4-1)44-25-29-50(30-26-44)59(52-16-9-15-47(38-52)42-13-5-2-6-14-42)51-31-27-45(28-32-51)43-21-23-46(24-22-43)53-18-10-20-56-57(53)54-17-7-8-19-55(54)58(56)48-34-39-33-40(36-48)37-49(58)35-39/h1-33,39-40,47-48H,34-38H2;1-32,38-40,48-49H,33-37H2. The largest absolute Gasteiger partial charge is 0.310 e. The SMILES string of the molecule is c1ccc(-c2ccc(N(c3ccc(-c4ccc(-c5cccc6c5-c5ccccc5C65C6CC7CC(C6)CC5C7)cc4)cc3)c3cccc(-c4ccccc4)c3)cc2)cc1.c1ccc(-c2ccc(N(c3ccc(-c4ccc(-c5cccc6c5-c5ccccc5C65C6CC7CC(C6)CC5C7)cc4)cc3)c3ccccc3-c3ccccc3)cc2)cc1. The Morgan fingerprint density at radius 2 is 0.424 bits per heavy atom. The lowest BCUT2D eigenvalue weighted by atomic mass is 9.43. The average molecular weight is 1520 g/mol. The number of nitrogens with zero attached hydrogens (tertiary/aromatic N) is 2. The highest BCUT2D eigenvalue weighted by molar-refractivity contribution is 5.96. The van der Waals surface area contributed by atoms with Gasteiger partial charge in [-0.1, -0.05) is 334 Å². The normalized spacial score (nSPS) is 22.0. The van der Waals surface area contributed by atoms with Crippen LogP contribution in [0.5, 0.6) is 0 Å². The van der Waals surface area contributed by atoms with Gasteiger partial charge in [-0.2, -0.15) is 0 Å². The Morgan fingerprint density at radius 3 is 0.805 bits per heavy atom. The maximum Gasteiger partial charge on any atom is 0.0540 e.